The number of nitriles is 1. The van der Waals surface area contributed by atoms with Crippen LogP contribution in [0.5, 0.6) is 0 Å². The van der Waals surface area contributed by atoms with Gasteiger partial charge in [-0.2, -0.15) is 5.26 Å². The zero-order valence-corrected chi connectivity index (χ0v) is 60.4. The number of rotatable bonds is 5. The van der Waals surface area contributed by atoms with E-state index >= 15 is 0 Å². The highest BCUT2D eigenvalue weighted by atomic mass is 33.5. The number of carbonyl (C=O) groups excluding carboxylic acids is 9. The van der Waals surface area contributed by atoms with Gasteiger partial charge in [0.25, 0.3) is 0 Å². The van der Waals surface area contributed by atoms with Gasteiger partial charge in [0.05, 0.1) is 57.1 Å². The molecule has 6 heterocycles. The quantitative estimate of drug-likeness (QED) is 0.293. The number of aliphatic hydroxyl groups is 2. The van der Waals surface area contributed by atoms with Crippen LogP contribution in [-0.2, 0) is 195 Å². The van der Waals surface area contributed by atoms with E-state index in [9.17, 15) is 58.6 Å². The Morgan fingerprint density at radius 1 is 0.523 bits per heavy atom. The van der Waals surface area contributed by atoms with Crippen molar-refractivity contribution in [1.82, 2.24) is 19.6 Å². The Kier molecular flexibility index (Phi) is 25.3. The largest absolute Gasteiger partial charge is 0.492 e. The first-order valence-electron chi connectivity index (χ1n) is 26.3. The van der Waals surface area contributed by atoms with Crippen molar-refractivity contribution in [3.8, 4) is 6.07 Å². The summed E-state index contributed by atoms with van der Waals surface area (Å²) < 4.78 is 16.0. The van der Waals surface area contributed by atoms with Gasteiger partial charge in [0.2, 0.25) is 11.6 Å². The van der Waals surface area contributed by atoms with Crippen molar-refractivity contribution < 1.29 is 67.6 Å². The van der Waals surface area contributed by atoms with Crippen LogP contribution in [0, 0.1) is 11.3 Å². The smallest absolute Gasteiger partial charge is 0.302 e. The fraction of sp³-hybridized carbons (Fsp3) is 0.519. The van der Waals surface area contributed by atoms with Crippen molar-refractivity contribution in [2.75, 3.05) is 41.5 Å². The second-order valence-electron chi connectivity index (χ2n) is 21.1. The minimum Gasteiger partial charge on any atom is -0.492 e. The summed E-state index contributed by atoms with van der Waals surface area (Å²) in [6.45, 7) is 10.1. The molecule has 34 heteroatoms. The average Bonchev–Trinajstić information content (AvgIpc) is 0.718. The van der Waals surface area contributed by atoms with Crippen molar-refractivity contribution in [3.05, 3.63) is 89.5 Å². The lowest BCUT2D eigenvalue weighted by atomic mass is 9.67. The molecule has 0 amide bonds. The van der Waals surface area contributed by atoms with Gasteiger partial charge < -0.3 is 24.4 Å². The van der Waals surface area contributed by atoms with Gasteiger partial charge in [0.1, 0.15) is 18.9 Å². The maximum atomic E-state index is 13.6. The molecule has 2 fully saturated rings. The average molecular weight is 1490 g/mol. The fourth-order valence-electron chi connectivity index (χ4n) is 13.5. The molecule has 4 aliphatic carbocycles. The minimum atomic E-state index is -1.15. The summed E-state index contributed by atoms with van der Waals surface area (Å²) in [5.41, 5.74) is 4.29. The Balaban J connectivity index is 0.000000203. The van der Waals surface area contributed by atoms with Crippen LogP contribution in [-0.4, -0.2) is 184 Å². The maximum Gasteiger partial charge on any atom is 0.302 e. The van der Waals surface area contributed by atoms with Gasteiger partial charge in [-0.25, -0.2) is 0 Å². The summed E-state index contributed by atoms with van der Waals surface area (Å²) in [7, 11) is 28.0. The third kappa shape index (κ3) is 13.1. The molecule has 88 heavy (non-hydrogen) atoms. The van der Waals surface area contributed by atoms with Gasteiger partial charge in [-0.1, -0.05) is 7.43 Å². The molecule has 0 radical (unpaired) electrons. The highest BCUT2D eigenvalue weighted by Crippen LogP contribution is 2.51. The Morgan fingerprint density at radius 2 is 0.864 bits per heavy atom. The molecule has 0 saturated carbocycles. The van der Waals surface area contributed by atoms with Crippen LogP contribution in [0.1, 0.15) is 81.6 Å². The van der Waals surface area contributed by atoms with E-state index < -0.39 is 79.0 Å². The van der Waals surface area contributed by atoms with Gasteiger partial charge in [-0.15, -0.1) is 0 Å². The Bertz CT molecular complexity index is 4130. The maximum absolute atomic E-state index is 13.6. The molecule has 10 atom stereocenters. The van der Waals surface area contributed by atoms with Crippen molar-refractivity contribution >= 4 is 190 Å². The minimum absolute atomic E-state index is 0. The number of hydrogen-bond acceptors (Lipinski definition) is 21. The number of carbonyl (C=O) groups is 9. The van der Waals surface area contributed by atoms with Gasteiger partial charge in [0.15, 0.2) is 46.2 Å². The summed E-state index contributed by atoms with van der Waals surface area (Å²) in [6, 6.07) is -3.65. The van der Waals surface area contributed by atoms with Gasteiger partial charge in [0, 0.05) is 241 Å². The molecular weight excluding hydrogens is 1420 g/mol. The number of methoxy groups -OCH3 is 2. The van der Waals surface area contributed by atoms with Crippen LogP contribution in [0.25, 0.3) is 0 Å². The second kappa shape index (κ2) is 30.8. The highest BCUT2D eigenvalue weighted by Gasteiger charge is 2.61. The van der Waals surface area contributed by atoms with E-state index in [4.69, 9.17) is 36.6 Å². The lowest BCUT2D eigenvalue weighted by Crippen LogP contribution is -2.74. The monoisotopic (exact) mass is 1480 g/mol. The Morgan fingerprint density at radius 3 is 1.25 bits per heavy atom. The van der Waals surface area contributed by atoms with Crippen molar-refractivity contribution in [3.63, 3.8) is 0 Å². The molecule has 2 N–H and O–H groups in total. The Hall–Kier alpha value is -3.10. The van der Waals surface area contributed by atoms with Crippen LogP contribution in [0.15, 0.2) is 89.5 Å². The molecule has 10 rings (SSSR count). The van der Waals surface area contributed by atoms with Crippen LogP contribution >= 0.6 is 0 Å². The van der Waals surface area contributed by atoms with E-state index in [0.717, 1.165) is 0 Å². The van der Waals surface area contributed by atoms with Gasteiger partial charge >= 0.3 is 5.97 Å². The molecule has 0 aromatic heterocycles. The van der Waals surface area contributed by atoms with Gasteiger partial charge in [-0.05, 0) is 81.3 Å². The standard InChI is InChI=1S/C27H30N2O8.C26H27N3O6.CH4.S15/c1-10-11(2)24(33)19-14(22(10)31)7-16-21-20-15(23(32)12(3)26(36-6)25(20)34)8-17(28(21)5)27(35)29(16)18(19)9-37-13(4)30;1-10-11(2)24(33)19-13(22(10)31)7-16-21-20-14(23(32)12(3)26(35-5)25(20)34)6-15(28(21)4)17(8-27)29(16)18(19)9-30;;1-3-5-7-9-11-13-15-14-12-10-8-6-4-2/h16-18,21,27,35H,7-9H2,1-6H3;15-18,21,30H,6-7,9H2,1-5H3;1H4;/t16-,17-,18-,21-,27-;15-,16-,17-,18-,21+;;/m00../s1. The number of hydrogen-bond donors (Lipinski definition) is 2. The number of ether oxygens (including phenoxy) is 3. The third-order valence-electron chi connectivity index (χ3n) is 17.5. The Labute approximate surface area is 556 Å². The number of nitrogens with zero attached hydrogens (tertiary/aromatic N) is 5. The molecule has 10 aliphatic rings. The first kappa shape index (κ1) is 72.3. The summed E-state index contributed by atoms with van der Waals surface area (Å²) in [5.74, 6) is -3.03. The van der Waals surface area contributed by atoms with E-state index in [2.05, 4.69) is 6.07 Å². The molecule has 19 nitrogen and oxygen atoms in total. The van der Waals surface area contributed by atoms with Crippen molar-refractivity contribution in [2.45, 2.75) is 142 Å². The first-order valence-corrected chi connectivity index (χ1v) is 45.0. The lowest BCUT2D eigenvalue weighted by Gasteiger charge is -2.60. The predicted molar refractivity (Wildman–Crippen MR) is 369 cm³/mol. The molecule has 0 aromatic rings. The molecule has 4 bridgehead atoms. The number of esters is 1. The van der Waals surface area contributed by atoms with Crippen LogP contribution in [0.3, 0.4) is 0 Å². The van der Waals surface area contributed by atoms with Crippen LogP contribution in [0.4, 0.5) is 0 Å². The summed E-state index contributed by atoms with van der Waals surface area (Å²) in [6.07, 6.45) is -0.616. The predicted octanol–water partition coefficient (Wildman–Crippen LogP) is 1.70. The van der Waals surface area contributed by atoms with Crippen LogP contribution < -0.4 is 0 Å². The number of piperazine rings is 2. The second-order valence-corrected chi connectivity index (χ2v) is 44.1. The molecule has 476 valence electrons. The molecule has 6 aliphatic heterocycles. The third-order valence-corrected chi connectivity index (χ3v) is 44.2. The zero-order valence-electron chi connectivity index (χ0n) is 48.2. The van der Waals surface area contributed by atoms with E-state index in [-0.39, 0.29) is 114 Å². The lowest BCUT2D eigenvalue weighted by molar-refractivity contribution is -0.171. The molecule has 0 spiro atoms. The normalized spacial score (nSPS) is 28.3. The van der Waals surface area contributed by atoms with E-state index in [1.807, 2.05) is 21.7 Å². The summed E-state index contributed by atoms with van der Waals surface area (Å²) in [5, 5.41) is 32.4. The summed E-state index contributed by atoms with van der Waals surface area (Å²) in [4.78, 5) is 126. The number of Topliss-reactive ketones (excluding diaryl/α,β-unsaturated/α-hetero) is 8. The number of aliphatic hydroxyl groups excluding tert-OH is 2. The van der Waals surface area contributed by atoms with E-state index in [1.165, 1.54) is 38.9 Å². The zero-order chi connectivity index (χ0) is 63.8. The topological polar surface area (TPSA) is 259 Å². The van der Waals surface area contributed by atoms with Gasteiger partial charge in [-0.3, -0.25) is 62.8 Å². The summed E-state index contributed by atoms with van der Waals surface area (Å²) >= 11 is 9.45. The first-order chi connectivity index (χ1) is 41.4. The number of likely N-dealkylation sites (N-methyl/N-ethyl adjacent to an activating group) is 2. The SMILES string of the molecule is C.COC1=C(C)C(=O)C2=C(C1=O)[C@@H]1[C@@H]3CC4=C(C(=O)C(C)=C(C)C4=O)[C@H](COC(C)=O)N3[C@@H](O)[C@H](C2)N1C.COC1=C(C)C(=O)C2=C(C1=O)[C@H]1[C@@H]3CC4=C(C(=O)C(C)=C(C)C4=O)[C@H](CO)N3[C@@H](C#N)[C@H](C2)N1C.S=S=S=S=S=S=S=S=S=S=S=S=S=S=S. The van der Waals surface area contributed by atoms with E-state index in [0.29, 0.717) is 55.7 Å². The number of fused-ring (bicyclic) bond motifs is 10. The fourth-order valence-corrected chi connectivity index (χ4v) is 43.7. The highest BCUT2D eigenvalue weighted by molar-refractivity contribution is 8.76. The number of ketones is 8. The van der Waals surface area contributed by atoms with E-state index in [1.54, 1.807) is 151 Å². The molecular formula is C54H61N5O14S15. The van der Waals surface area contributed by atoms with Crippen LogP contribution in [0.2, 0.25) is 0 Å². The molecule has 0 aromatic carbocycles. The van der Waals surface area contributed by atoms with Crippen molar-refractivity contribution in [1.29, 1.82) is 5.26 Å². The van der Waals surface area contributed by atoms with Crippen molar-refractivity contribution in [2.24, 2.45) is 0 Å². The molecule has 0 unspecified atom stereocenters. The molecule has 2 saturated heterocycles. The number of allylic oxidation sites excluding steroid dienone is 8.